The van der Waals surface area contributed by atoms with Crippen LogP contribution in [0.2, 0.25) is 0 Å². The van der Waals surface area contributed by atoms with Gasteiger partial charge in [0.1, 0.15) is 0 Å². The summed E-state index contributed by atoms with van der Waals surface area (Å²) in [5, 5.41) is 5.16. The third kappa shape index (κ3) is 3.21. The van der Waals surface area contributed by atoms with Crippen LogP contribution >= 0.6 is 0 Å². The van der Waals surface area contributed by atoms with Crippen molar-refractivity contribution in [3.8, 4) is 44.5 Å². The number of hydrogen-bond donors (Lipinski definition) is 0. The van der Waals surface area contributed by atoms with E-state index in [4.69, 9.17) is 0 Å². The van der Waals surface area contributed by atoms with Gasteiger partial charge in [-0.15, -0.1) is 0 Å². The standard InChI is InChI=1S/C45H28/c1-2-12-29(13-3-1)32-18-10-21-36-33(19-11-20-35(32)36)31-24-26-39-43(28-31)45(42-27-25-30-14-4-5-15-34(30)44(39)42)40-22-8-6-16-37(40)38-17-7-9-23-41(38)45/h1-28H. The molecule has 0 bridgehead atoms. The summed E-state index contributed by atoms with van der Waals surface area (Å²) in [6.07, 6.45) is 0. The molecule has 0 amide bonds. The first kappa shape index (κ1) is 24.7. The SMILES string of the molecule is c1ccc(-c2cccc3c(-c4ccc5c(c4)C4(c6ccccc6-c6ccccc64)c4ccc6ccccc6c4-5)cccc23)cc1. The lowest BCUT2D eigenvalue weighted by Gasteiger charge is -2.31. The Kier molecular flexibility index (Phi) is 5.02. The summed E-state index contributed by atoms with van der Waals surface area (Å²) >= 11 is 0. The smallest absolute Gasteiger partial charge is 0.0622 e. The number of hydrogen-bond acceptors (Lipinski definition) is 0. The van der Waals surface area contributed by atoms with Gasteiger partial charge in [-0.2, -0.15) is 0 Å². The molecule has 0 atom stereocenters. The van der Waals surface area contributed by atoms with Gasteiger partial charge in [0, 0.05) is 0 Å². The van der Waals surface area contributed by atoms with E-state index in [2.05, 4.69) is 170 Å². The predicted octanol–water partition coefficient (Wildman–Crippen LogP) is 11.7. The van der Waals surface area contributed by atoms with E-state index in [1.54, 1.807) is 0 Å². The minimum absolute atomic E-state index is 0.377. The summed E-state index contributed by atoms with van der Waals surface area (Å²) in [6, 6.07) is 63.2. The summed E-state index contributed by atoms with van der Waals surface area (Å²) in [6.45, 7) is 0. The first-order valence-corrected chi connectivity index (χ1v) is 15.8. The number of rotatable bonds is 2. The van der Waals surface area contributed by atoms with Gasteiger partial charge < -0.3 is 0 Å². The Balaban J connectivity index is 1.30. The van der Waals surface area contributed by atoms with Crippen LogP contribution in [0.4, 0.5) is 0 Å². The van der Waals surface area contributed by atoms with Crippen molar-refractivity contribution in [1.82, 2.24) is 0 Å². The molecule has 0 heteroatoms. The quantitative estimate of drug-likeness (QED) is 0.195. The van der Waals surface area contributed by atoms with E-state index in [1.807, 2.05) is 0 Å². The first-order valence-electron chi connectivity index (χ1n) is 15.8. The summed E-state index contributed by atoms with van der Waals surface area (Å²) < 4.78 is 0. The zero-order valence-corrected chi connectivity index (χ0v) is 24.7. The molecule has 2 aliphatic rings. The molecule has 10 rings (SSSR count). The van der Waals surface area contributed by atoms with Gasteiger partial charge in [-0.25, -0.2) is 0 Å². The second kappa shape index (κ2) is 9.14. The van der Waals surface area contributed by atoms with Crippen LogP contribution in [0.5, 0.6) is 0 Å². The molecule has 0 aromatic heterocycles. The van der Waals surface area contributed by atoms with Crippen molar-refractivity contribution in [2.24, 2.45) is 0 Å². The van der Waals surface area contributed by atoms with Gasteiger partial charge in [0.2, 0.25) is 0 Å². The highest BCUT2D eigenvalue weighted by Gasteiger charge is 2.52. The van der Waals surface area contributed by atoms with Crippen LogP contribution in [-0.4, -0.2) is 0 Å². The van der Waals surface area contributed by atoms with Gasteiger partial charge in [0.05, 0.1) is 5.41 Å². The van der Waals surface area contributed by atoms with Gasteiger partial charge in [0.15, 0.2) is 0 Å². The lowest BCUT2D eigenvalue weighted by Crippen LogP contribution is -2.25. The van der Waals surface area contributed by atoms with Crippen molar-refractivity contribution < 1.29 is 0 Å². The Morgan fingerprint density at radius 3 is 1.60 bits per heavy atom. The maximum Gasteiger partial charge on any atom is 0.0725 e. The molecule has 0 fully saturated rings. The van der Waals surface area contributed by atoms with E-state index >= 15 is 0 Å². The molecule has 0 N–H and O–H groups in total. The molecule has 0 unspecified atom stereocenters. The average Bonchev–Trinajstić information content (AvgIpc) is 3.59. The van der Waals surface area contributed by atoms with E-state index in [0.29, 0.717) is 0 Å². The molecule has 0 aliphatic heterocycles. The van der Waals surface area contributed by atoms with Gasteiger partial charge >= 0.3 is 0 Å². The topological polar surface area (TPSA) is 0 Å². The second-order valence-electron chi connectivity index (χ2n) is 12.4. The van der Waals surface area contributed by atoms with Crippen LogP contribution in [0, 0.1) is 0 Å². The lowest BCUT2D eigenvalue weighted by molar-refractivity contribution is 0.795. The molecule has 0 nitrogen and oxygen atoms in total. The van der Waals surface area contributed by atoms with Crippen molar-refractivity contribution in [3.63, 3.8) is 0 Å². The molecule has 2 aliphatic carbocycles. The Morgan fingerprint density at radius 2 is 0.867 bits per heavy atom. The van der Waals surface area contributed by atoms with Gasteiger partial charge in [-0.05, 0) is 94.4 Å². The molecule has 8 aromatic carbocycles. The molecule has 208 valence electrons. The maximum absolute atomic E-state index is 2.51. The zero-order valence-electron chi connectivity index (χ0n) is 24.7. The van der Waals surface area contributed by atoms with Gasteiger partial charge in [-0.1, -0.05) is 164 Å². The summed E-state index contributed by atoms with van der Waals surface area (Å²) in [4.78, 5) is 0. The molecule has 45 heavy (non-hydrogen) atoms. The summed E-state index contributed by atoms with van der Waals surface area (Å²) in [5.41, 5.74) is 15.5. The van der Waals surface area contributed by atoms with Crippen LogP contribution in [0.3, 0.4) is 0 Å². The lowest BCUT2D eigenvalue weighted by atomic mass is 9.70. The van der Waals surface area contributed by atoms with Crippen molar-refractivity contribution in [3.05, 3.63) is 192 Å². The molecule has 0 saturated carbocycles. The molecule has 8 aromatic rings. The number of fused-ring (bicyclic) bond motifs is 13. The van der Waals surface area contributed by atoms with E-state index in [0.717, 1.165) is 0 Å². The van der Waals surface area contributed by atoms with E-state index in [9.17, 15) is 0 Å². The van der Waals surface area contributed by atoms with Crippen LogP contribution in [-0.2, 0) is 5.41 Å². The minimum atomic E-state index is -0.377. The van der Waals surface area contributed by atoms with Gasteiger partial charge in [0.25, 0.3) is 0 Å². The Morgan fingerprint density at radius 1 is 0.289 bits per heavy atom. The van der Waals surface area contributed by atoms with Crippen LogP contribution in [0.1, 0.15) is 22.3 Å². The average molecular weight is 569 g/mol. The third-order valence-corrected chi connectivity index (χ3v) is 10.3. The zero-order chi connectivity index (χ0) is 29.5. The Bertz CT molecular complexity index is 2430. The van der Waals surface area contributed by atoms with Crippen LogP contribution < -0.4 is 0 Å². The van der Waals surface area contributed by atoms with Crippen molar-refractivity contribution in [1.29, 1.82) is 0 Å². The van der Waals surface area contributed by atoms with Crippen molar-refractivity contribution in [2.75, 3.05) is 0 Å². The Labute approximate surface area is 262 Å². The van der Waals surface area contributed by atoms with Crippen molar-refractivity contribution in [2.45, 2.75) is 5.41 Å². The first-order chi connectivity index (χ1) is 22.3. The highest BCUT2D eigenvalue weighted by Crippen LogP contribution is 2.64. The molecule has 0 radical (unpaired) electrons. The highest BCUT2D eigenvalue weighted by molar-refractivity contribution is 6.08. The third-order valence-electron chi connectivity index (χ3n) is 10.3. The number of benzene rings is 8. The van der Waals surface area contributed by atoms with Gasteiger partial charge in [-0.3, -0.25) is 0 Å². The molecular formula is C45H28. The fourth-order valence-electron chi connectivity index (χ4n) is 8.51. The van der Waals surface area contributed by atoms with Crippen molar-refractivity contribution >= 4 is 21.5 Å². The molecule has 0 saturated heterocycles. The van der Waals surface area contributed by atoms with E-state index in [-0.39, 0.29) is 5.41 Å². The van der Waals surface area contributed by atoms with E-state index < -0.39 is 0 Å². The second-order valence-corrected chi connectivity index (χ2v) is 12.4. The molecule has 1 spiro atoms. The molecule has 0 heterocycles. The maximum atomic E-state index is 2.51. The highest BCUT2D eigenvalue weighted by atomic mass is 14.5. The predicted molar refractivity (Wildman–Crippen MR) is 189 cm³/mol. The van der Waals surface area contributed by atoms with Crippen LogP contribution in [0.15, 0.2) is 170 Å². The summed E-state index contributed by atoms with van der Waals surface area (Å²) in [5.74, 6) is 0. The summed E-state index contributed by atoms with van der Waals surface area (Å²) in [7, 11) is 0. The largest absolute Gasteiger partial charge is 0.0725 e. The molecular weight excluding hydrogens is 540 g/mol. The fraction of sp³-hybridized carbons (Fsp3) is 0.0222. The Hall–Kier alpha value is -5.72. The minimum Gasteiger partial charge on any atom is -0.0622 e. The monoisotopic (exact) mass is 568 g/mol. The van der Waals surface area contributed by atoms with E-state index in [1.165, 1.54) is 88.3 Å². The fourth-order valence-corrected chi connectivity index (χ4v) is 8.51. The van der Waals surface area contributed by atoms with Crippen LogP contribution in [0.25, 0.3) is 66.1 Å². The normalized spacial score (nSPS) is 13.5.